The molecule has 7 heteroatoms. The van der Waals surface area contributed by atoms with Crippen LogP contribution in [0.3, 0.4) is 0 Å². The predicted octanol–water partition coefficient (Wildman–Crippen LogP) is 2.89. The average Bonchev–Trinajstić information content (AvgIpc) is 3.30. The van der Waals surface area contributed by atoms with Crippen molar-refractivity contribution >= 4 is 21.6 Å². The SMILES string of the molecule is O=C(Nc1ccc(F)c(C2CC2)c1)N1CCC2CCC(C1)S2(=O)=O. The van der Waals surface area contributed by atoms with Gasteiger partial charge in [-0.25, -0.2) is 17.6 Å². The maximum absolute atomic E-state index is 13.8. The molecule has 1 N–H and O–H groups in total. The Morgan fingerprint density at radius 1 is 1.12 bits per heavy atom. The van der Waals surface area contributed by atoms with E-state index in [0.29, 0.717) is 37.1 Å². The van der Waals surface area contributed by atoms with E-state index in [4.69, 9.17) is 0 Å². The van der Waals surface area contributed by atoms with E-state index in [1.807, 2.05) is 0 Å². The maximum atomic E-state index is 13.8. The second kappa shape index (κ2) is 5.72. The zero-order valence-electron chi connectivity index (χ0n) is 13.4. The summed E-state index contributed by atoms with van der Waals surface area (Å²) in [4.78, 5) is 14.1. The van der Waals surface area contributed by atoms with Gasteiger partial charge in [0.2, 0.25) is 0 Å². The molecule has 2 saturated heterocycles. The minimum atomic E-state index is -3.09. The smallest absolute Gasteiger partial charge is 0.321 e. The van der Waals surface area contributed by atoms with Gasteiger partial charge < -0.3 is 10.2 Å². The molecule has 3 aliphatic rings. The summed E-state index contributed by atoms with van der Waals surface area (Å²) in [6.45, 7) is 0.699. The van der Waals surface area contributed by atoms with E-state index >= 15 is 0 Å². The molecule has 0 aromatic heterocycles. The summed E-state index contributed by atoms with van der Waals surface area (Å²) < 4.78 is 38.4. The van der Waals surface area contributed by atoms with Crippen LogP contribution in [-0.4, -0.2) is 42.9 Å². The highest BCUT2D eigenvalue weighted by Gasteiger charge is 2.44. The average molecular weight is 352 g/mol. The van der Waals surface area contributed by atoms with Crippen LogP contribution >= 0.6 is 0 Å². The summed E-state index contributed by atoms with van der Waals surface area (Å²) in [6.07, 6.45) is 3.83. The number of hydrogen-bond acceptors (Lipinski definition) is 3. The molecule has 2 amide bonds. The lowest BCUT2D eigenvalue weighted by atomic mass is 10.1. The number of benzene rings is 1. The van der Waals surface area contributed by atoms with E-state index in [9.17, 15) is 17.6 Å². The first-order valence-corrected chi connectivity index (χ1v) is 10.1. The highest BCUT2D eigenvalue weighted by atomic mass is 32.2. The molecule has 2 atom stereocenters. The number of nitrogens with zero attached hydrogens (tertiary/aromatic N) is 1. The predicted molar refractivity (Wildman–Crippen MR) is 89.3 cm³/mol. The molecule has 3 fully saturated rings. The fraction of sp³-hybridized carbons (Fsp3) is 0.588. The van der Waals surface area contributed by atoms with Crippen LogP contribution in [0.25, 0.3) is 0 Å². The van der Waals surface area contributed by atoms with Crippen LogP contribution < -0.4 is 5.32 Å². The van der Waals surface area contributed by atoms with E-state index in [0.717, 1.165) is 12.8 Å². The number of likely N-dealkylation sites (tertiary alicyclic amines) is 1. The zero-order valence-corrected chi connectivity index (χ0v) is 14.2. The molecule has 0 radical (unpaired) electrons. The summed E-state index contributed by atoms with van der Waals surface area (Å²) in [5, 5.41) is 2.06. The first-order valence-electron chi connectivity index (χ1n) is 8.53. The summed E-state index contributed by atoms with van der Waals surface area (Å²) in [5.74, 6) is 0.0367. The highest BCUT2D eigenvalue weighted by Crippen LogP contribution is 2.42. The van der Waals surface area contributed by atoms with Crippen molar-refractivity contribution in [1.82, 2.24) is 4.90 Å². The highest BCUT2D eigenvalue weighted by molar-refractivity contribution is 7.93. The zero-order chi connectivity index (χ0) is 16.9. The quantitative estimate of drug-likeness (QED) is 0.890. The summed E-state index contributed by atoms with van der Waals surface area (Å²) >= 11 is 0. The Labute approximate surface area is 141 Å². The number of urea groups is 1. The first kappa shape index (κ1) is 15.9. The monoisotopic (exact) mass is 352 g/mol. The topological polar surface area (TPSA) is 66.5 Å². The van der Waals surface area contributed by atoms with Crippen LogP contribution in [0.15, 0.2) is 18.2 Å². The Bertz CT molecular complexity index is 776. The summed E-state index contributed by atoms with van der Waals surface area (Å²) in [7, 11) is -3.09. The number of sulfone groups is 1. The molecule has 130 valence electrons. The van der Waals surface area contributed by atoms with Crippen molar-refractivity contribution in [2.45, 2.75) is 48.5 Å². The number of nitrogens with one attached hydrogen (secondary N) is 1. The number of anilines is 1. The normalized spacial score (nSPS) is 28.5. The molecule has 1 aromatic carbocycles. The van der Waals surface area contributed by atoms with E-state index < -0.39 is 15.1 Å². The van der Waals surface area contributed by atoms with Crippen LogP contribution in [0.5, 0.6) is 0 Å². The second-order valence-corrected chi connectivity index (χ2v) is 9.60. The van der Waals surface area contributed by atoms with Crippen molar-refractivity contribution < 1.29 is 17.6 Å². The van der Waals surface area contributed by atoms with E-state index in [1.165, 1.54) is 6.07 Å². The number of halogens is 1. The van der Waals surface area contributed by atoms with Gasteiger partial charge in [0.05, 0.1) is 10.5 Å². The van der Waals surface area contributed by atoms with Crippen molar-refractivity contribution in [2.75, 3.05) is 18.4 Å². The van der Waals surface area contributed by atoms with Crippen LogP contribution in [-0.2, 0) is 9.84 Å². The molecule has 2 unspecified atom stereocenters. The van der Waals surface area contributed by atoms with Gasteiger partial charge in [0.1, 0.15) is 5.82 Å². The largest absolute Gasteiger partial charge is 0.323 e. The first-order chi connectivity index (χ1) is 11.4. The Morgan fingerprint density at radius 2 is 1.88 bits per heavy atom. The van der Waals surface area contributed by atoms with Gasteiger partial charge >= 0.3 is 6.03 Å². The Balaban J connectivity index is 1.48. The minimum absolute atomic E-state index is 0.228. The molecule has 5 nitrogen and oxygen atoms in total. The van der Waals surface area contributed by atoms with Gasteiger partial charge in [-0.05, 0) is 61.8 Å². The van der Waals surface area contributed by atoms with Crippen LogP contribution in [0.2, 0.25) is 0 Å². The third kappa shape index (κ3) is 2.79. The van der Waals surface area contributed by atoms with Gasteiger partial charge in [-0.2, -0.15) is 0 Å². The van der Waals surface area contributed by atoms with Gasteiger partial charge in [0, 0.05) is 18.8 Å². The van der Waals surface area contributed by atoms with E-state index in [2.05, 4.69) is 5.32 Å². The fourth-order valence-corrected chi connectivity index (χ4v) is 6.12. The van der Waals surface area contributed by atoms with Crippen molar-refractivity contribution in [3.8, 4) is 0 Å². The molecule has 2 aliphatic heterocycles. The van der Waals surface area contributed by atoms with Crippen molar-refractivity contribution in [3.05, 3.63) is 29.6 Å². The molecular weight excluding hydrogens is 331 g/mol. The third-order valence-corrected chi connectivity index (χ3v) is 8.15. The standard InChI is InChI=1S/C17H21FN2O3S/c18-16-6-3-12(9-15(16)11-1-2-11)19-17(21)20-8-7-13-4-5-14(10-20)24(13,22)23/h3,6,9,11,13-14H,1-2,4-5,7-8,10H2,(H,19,21). The Hall–Kier alpha value is -1.63. The number of hydrogen-bond donors (Lipinski definition) is 1. The van der Waals surface area contributed by atoms with Crippen molar-refractivity contribution in [1.29, 1.82) is 0 Å². The summed E-state index contributed by atoms with van der Waals surface area (Å²) in [5.41, 5.74) is 1.23. The van der Waals surface area contributed by atoms with Crippen molar-refractivity contribution in [2.24, 2.45) is 0 Å². The molecule has 1 saturated carbocycles. The van der Waals surface area contributed by atoms with Crippen LogP contribution in [0.4, 0.5) is 14.9 Å². The lowest BCUT2D eigenvalue weighted by Crippen LogP contribution is -2.40. The Morgan fingerprint density at radius 3 is 2.62 bits per heavy atom. The van der Waals surface area contributed by atoms with Gasteiger partial charge in [0.25, 0.3) is 0 Å². The molecule has 24 heavy (non-hydrogen) atoms. The lowest BCUT2D eigenvalue weighted by Gasteiger charge is -2.24. The number of rotatable bonds is 2. The molecule has 2 bridgehead atoms. The molecule has 1 aliphatic carbocycles. The molecule has 4 rings (SSSR count). The van der Waals surface area contributed by atoms with Crippen LogP contribution in [0.1, 0.15) is 43.6 Å². The van der Waals surface area contributed by atoms with Gasteiger partial charge in [-0.15, -0.1) is 0 Å². The molecule has 2 heterocycles. The number of carbonyl (C=O) groups excluding carboxylic acids is 1. The maximum Gasteiger partial charge on any atom is 0.321 e. The second-order valence-electron chi connectivity index (χ2n) is 7.09. The minimum Gasteiger partial charge on any atom is -0.323 e. The van der Waals surface area contributed by atoms with Crippen LogP contribution in [0, 0.1) is 5.82 Å². The molecule has 1 aromatic rings. The van der Waals surface area contributed by atoms with Crippen molar-refractivity contribution in [3.63, 3.8) is 0 Å². The number of fused-ring (bicyclic) bond motifs is 2. The fourth-order valence-electron chi connectivity index (χ4n) is 3.83. The third-order valence-electron chi connectivity index (χ3n) is 5.44. The lowest BCUT2D eigenvalue weighted by molar-refractivity contribution is 0.209. The molecule has 0 spiro atoms. The van der Waals surface area contributed by atoms with Gasteiger partial charge in [0.15, 0.2) is 9.84 Å². The van der Waals surface area contributed by atoms with Gasteiger partial charge in [-0.1, -0.05) is 0 Å². The van der Waals surface area contributed by atoms with Gasteiger partial charge in [-0.3, -0.25) is 0 Å². The number of carbonyl (C=O) groups is 1. The number of amides is 2. The molecular formula is C17H21FN2O3S. The van der Waals surface area contributed by atoms with E-state index in [1.54, 1.807) is 17.0 Å². The van der Waals surface area contributed by atoms with E-state index in [-0.39, 0.29) is 29.6 Å². The summed E-state index contributed by atoms with van der Waals surface area (Å²) in [6, 6.07) is 4.34. The Kier molecular flexibility index (Phi) is 3.78.